The second-order valence-electron chi connectivity index (χ2n) is 18.0. The quantitative estimate of drug-likeness (QED) is 0.106. The third-order valence-electron chi connectivity index (χ3n) is 14.0. The van der Waals surface area contributed by atoms with Gasteiger partial charge in [0.15, 0.2) is 5.82 Å². The summed E-state index contributed by atoms with van der Waals surface area (Å²) in [6.07, 6.45) is 7.05. The Morgan fingerprint density at radius 2 is 1.60 bits per heavy atom. The fourth-order valence-electron chi connectivity index (χ4n) is 10.1. The van der Waals surface area contributed by atoms with Crippen LogP contribution in [0.3, 0.4) is 0 Å². The molecule has 0 saturated carbocycles. The molecule has 4 aliphatic heterocycles. The van der Waals surface area contributed by atoms with E-state index in [0.717, 1.165) is 56.5 Å². The van der Waals surface area contributed by atoms with Gasteiger partial charge in [0.2, 0.25) is 11.8 Å². The highest BCUT2D eigenvalue weighted by Gasteiger charge is 2.31. The molecule has 7 heterocycles. The number of nitrogens with one attached hydrogen (secondary N) is 3. The Bertz CT molecular complexity index is 2810. The van der Waals surface area contributed by atoms with E-state index in [1.165, 1.54) is 16.7 Å². The van der Waals surface area contributed by atoms with Crippen molar-refractivity contribution in [3.8, 4) is 5.69 Å². The number of hydrogen-bond donors (Lipinski definition) is 3. The number of benzene rings is 2. The maximum atomic E-state index is 15.8. The Kier molecular flexibility index (Phi) is 12.9. The van der Waals surface area contributed by atoms with Crippen LogP contribution < -0.4 is 26.4 Å². The van der Waals surface area contributed by atoms with Gasteiger partial charge >= 0.3 is 0 Å². The summed E-state index contributed by atoms with van der Waals surface area (Å²) in [4.78, 5) is 62.9. The molecule has 3 aromatic heterocycles. The average molecular weight is 923 g/mol. The lowest BCUT2D eigenvalue weighted by molar-refractivity contribution is -0.133. The van der Waals surface area contributed by atoms with Crippen LogP contribution in [-0.2, 0) is 16.6 Å². The summed E-state index contributed by atoms with van der Waals surface area (Å²) >= 11 is 0. The van der Waals surface area contributed by atoms with Crippen molar-refractivity contribution in [3.63, 3.8) is 0 Å². The maximum absolute atomic E-state index is 15.8. The van der Waals surface area contributed by atoms with Gasteiger partial charge in [-0.2, -0.15) is 0 Å². The van der Waals surface area contributed by atoms with Gasteiger partial charge in [-0.15, -0.1) is 0 Å². The lowest BCUT2D eigenvalue weighted by Gasteiger charge is -2.39. The second-order valence-corrected chi connectivity index (χ2v) is 18.0. The van der Waals surface area contributed by atoms with Gasteiger partial charge in [0.25, 0.3) is 11.5 Å². The van der Waals surface area contributed by atoms with Crippen molar-refractivity contribution >= 4 is 51.4 Å². The number of hydrogen-bond acceptors (Lipinski definition) is 10. The van der Waals surface area contributed by atoms with Gasteiger partial charge in [0.1, 0.15) is 29.1 Å². The molecular formula is C49H54F4N10O4. The zero-order chi connectivity index (χ0) is 47.1. The van der Waals surface area contributed by atoms with E-state index in [1.807, 2.05) is 35.6 Å². The fraction of sp³-hybridized carbons (Fsp3) is 0.408. The summed E-state index contributed by atoms with van der Waals surface area (Å²) in [7, 11) is 3.43. The number of anilines is 3. The van der Waals surface area contributed by atoms with Crippen LogP contribution >= 0.6 is 0 Å². The van der Waals surface area contributed by atoms with E-state index in [-0.39, 0.29) is 41.0 Å². The standard InChI is InChI=1S/C49H54F4N10O4/c1-29(43-25-34-41(8-13-55-47(34)58(43)3)63-28-38(53)40(54-2)26-45(63)65)60-16-11-31(12-17-60)46-36(51)22-32(23-37(46)52)49(67)62-14-9-30(10-15-62)27-59-18-20-61(21-19-59)42-6-4-33(24-35(42)50)56-39-5-7-44(64)57-48(39)66/h4,6,8,11,13,22-26,28-30,39,54,56H,5,7,9-10,12,14-21,27H2,1-3H3,(H,57,64,66)/t29-,39-/m0/s1. The number of carbonyl (C=O) groups is 3. The van der Waals surface area contributed by atoms with Crippen molar-refractivity contribution in [3.05, 3.63) is 117 Å². The third kappa shape index (κ3) is 9.28. The van der Waals surface area contributed by atoms with Gasteiger partial charge in [-0.3, -0.25) is 38.9 Å². The predicted molar refractivity (Wildman–Crippen MR) is 248 cm³/mol. The van der Waals surface area contributed by atoms with Crippen LogP contribution in [0.5, 0.6) is 0 Å². The molecule has 0 spiro atoms. The Morgan fingerprint density at radius 3 is 2.27 bits per heavy atom. The molecule has 0 aliphatic carbocycles. The highest BCUT2D eigenvalue weighted by atomic mass is 19.1. The van der Waals surface area contributed by atoms with Gasteiger partial charge in [0.05, 0.1) is 23.3 Å². The Balaban J connectivity index is 0.769. The van der Waals surface area contributed by atoms with Crippen molar-refractivity contribution in [2.45, 2.75) is 51.1 Å². The van der Waals surface area contributed by atoms with E-state index in [9.17, 15) is 23.6 Å². The number of nitrogens with zero attached hydrogens (tertiary/aromatic N) is 7. The summed E-state index contributed by atoms with van der Waals surface area (Å²) in [6, 6.07) is 11.2. The number of piperidine rings is 2. The number of aromatic nitrogens is 3. The first-order chi connectivity index (χ1) is 32.3. The molecule has 18 heteroatoms. The zero-order valence-electron chi connectivity index (χ0n) is 37.8. The van der Waals surface area contributed by atoms with E-state index < -0.39 is 40.9 Å². The number of pyridine rings is 2. The molecular weight excluding hydrogens is 869 g/mol. The van der Waals surface area contributed by atoms with Crippen LogP contribution in [0, 0.1) is 29.2 Å². The Hall–Kier alpha value is -6.53. The van der Waals surface area contributed by atoms with Crippen LogP contribution in [-0.4, -0.2) is 119 Å². The van der Waals surface area contributed by atoms with Crippen LogP contribution in [0.4, 0.5) is 34.6 Å². The number of fused-ring (bicyclic) bond motifs is 1. The topological polar surface area (TPSA) is 140 Å². The molecule has 14 nitrogen and oxygen atoms in total. The lowest BCUT2D eigenvalue weighted by atomic mass is 9.94. The first-order valence-electron chi connectivity index (χ1n) is 22.9. The number of carbonyl (C=O) groups excluding carboxylic acids is 3. The van der Waals surface area contributed by atoms with Crippen LogP contribution in [0.1, 0.15) is 66.7 Å². The highest BCUT2D eigenvalue weighted by molar-refractivity contribution is 6.01. The normalized spacial score (nSPS) is 19.4. The summed E-state index contributed by atoms with van der Waals surface area (Å²) < 4.78 is 64.8. The summed E-state index contributed by atoms with van der Waals surface area (Å²) in [6.45, 7) is 7.54. The molecule has 2 aromatic carbocycles. The SMILES string of the molecule is CNc1cc(=O)n(-c2ccnc3c2cc([C@H](C)N2CC=C(c4c(F)cc(C(=O)N5CCC(CN6CCN(c7ccc(N[C@H]8CCC(=O)NC8=O)cc7F)CC6)CC5)cc4F)CC2)n3C)cc1F. The molecule has 3 fully saturated rings. The predicted octanol–water partition coefficient (Wildman–Crippen LogP) is 6.06. The summed E-state index contributed by atoms with van der Waals surface area (Å²) in [5, 5.41) is 8.69. The van der Waals surface area contributed by atoms with Gasteiger partial charge in [-0.25, -0.2) is 22.5 Å². The van der Waals surface area contributed by atoms with E-state index >= 15 is 13.2 Å². The van der Waals surface area contributed by atoms with Crippen molar-refractivity contribution in [2.75, 3.05) is 81.5 Å². The van der Waals surface area contributed by atoms with Gasteiger partial charge in [-0.1, -0.05) is 6.08 Å². The largest absolute Gasteiger partial charge is 0.386 e. The van der Waals surface area contributed by atoms with E-state index in [0.29, 0.717) is 91.7 Å². The molecule has 9 rings (SSSR count). The van der Waals surface area contributed by atoms with Crippen molar-refractivity contribution < 1.29 is 31.9 Å². The minimum atomic E-state index is -0.772. The molecule has 0 radical (unpaired) electrons. The number of amides is 3. The first-order valence-corrected chi connectivity index (χ1v) is 22.9. The summed E-state index contributed by atoms with van der Waals surface area (Å²) in [5.41, 5.74) is 3.10. The number of halogens is 4. The van der Waals surface area contributed by atoms with Gasteiger partial charge in [-0.05, 0) is 86.6 Å². The molecule has 352 valence electrons. The van der Waals surface area contributed by atoms with Crippen LogP contribution in [0.25, 0.3) is 22.3 Å². The molecule has 0 bridgehead atoms. The molecule has 3 amide bonds. The molecule has 5 aromatic rings. The smallest absolute Gasteiger partial charge is 0.257 e. The Labute approximate surface area is 385 Å². The third-order valence-corrected chi connectivity index (χ3v) is 14.0. The van der Waals surface area contributed by atoms with Crippen molar-refractivity contribution in [1.29, 1.82) is 0 Å². The van der Waals surface area contributed by atoms with Crippen molar-refractivity contribution in [1.82, 2.24) is 34.1 Å². The molecule has 2 atom stereocenters. The Morgan fingerprint density at radius 1 is 0.851 bits per heavy atom. The molecule has 4 aliphatic rings. The molecule has 67 heavy (non-hydrogen) atoms. The monoisotopic (exact) mass is 922 g/mol. The number of imide groups is 1. The van der Waals surface area contributed by atoms with Gasteiger partial charge in [0, 0.05) is 126 Å². The molecule has 3 saturated heterocycles. The number of aryl methyl sites for hydroxylation is 1. The number of likely N-dealkylation sites (tertiary alicyclic amines) is 1. The van der Waals surface area contributed by atoms with E-state index in [4.69, 9.17) is 0 Å². The van der Waals surface area contributed by atoms with E-state index in [2.05, 4.69) is 30.7 Å². The maximum Gasteiger partial charge on any atom is 0.257 e. The highest BCUT2D eigenvalue weighted by Crippen LogP contribution is 2.35. The minimum absolute atomic E-state index is 0.0151. The number of rotatable bonds is 11. The fourth-order valence-corrected chi connectivity index (χ4v) is 10.1. The zero-order valence-corrected chi connectivity index (χ0v) is 37.8. The second kappa shape index (κ2) is 19.0. The number of piperazine rings is 1. The summed E-state index contributed by atoms with van der Waals surface area (Å²) in [5.74, 6) is -3.27. The lowest BCUT2D eigenvalue weighted by Crippen LogP contribution is -2.49. The molecule has 0 unspecified atom stereocenters. The van der Waals surface area contributed by atoms with Gasteiger partial charge < -0.3 is 25.0 Å². The van der Waals surface area contributed by atoms with E-state index in [1.54, 1.807) is 36.3 Å². The average Bonchev–Trinajstić information content (AvgIpc) is 3.66. The van der Waals surface area contributed by atoms with Crippen LogP contribution in [0.15, 0.2) is 71.8 Å². The minimum Gasteiger partial charge on any atom is -0.386 e. The first kappa shape index (κ1) is 45.6. The van der Waals surface area contributed by atoms with Crippen molar-refractivity contribution in [2.24, 2.45) is 13.0 Å². The molecule has 3 N–H and O–H groups in total. The van der Waals surface area contributed by atoms with Crippen LogP contribution in [0.2, 0.25) is 0 Å².